The molecule has 0 atom stereocenters. The summed E-state index contributed by atoms with van der Waals surface area (Å²) in [5.74, 6) is 0.168. The maximum absolute atomic E-state index is 13.5. The SMILES string of the molecule is CCCC[P+](CCCC)(CCCC)Cc1ccc(C(=O)c2ccc(C[P+](CCCC)(CCCC)CCCC)cc2)cc1.[Br-].[Br-]. The lowest BCUT2D eigenvalue weighted by atomic mass is 10.0. The molecule has 2 aromatic rings. The summed E-state index contributed by atoms with van der Waals surface area (Å²) in [4.78, 5) is 13.5. The molecule has 0 radical (unpaired) electrons. The number of carbonyl (C=O) groups is 1. The molecule has 0 fully saturated rings. The molecule has 5 heteroatoms. The van der Waals surface area contributed by atoms with Crippen LogP contribution in [0, 0.1) is 0 Å². The third-order valence-electron chi connectivity index (χ3n) is 9.38. The number of ketones is 1. The zero-order valence-electron chi connectivity index (χ0n) is 29.3. The summed E-state index contributed by atoms with van der Waals surface area (Å²) < 4.78 is 0. The second-order valence-corrected chi connectivity index (χ2v) is 21.9. The second kappa shape index (κ2) is 25.0. The van der Waals surface area contributed by atoms with Crippen molar-refractivity contribution < 1.29 is 38.8 Å². The zero-order valence-corrected chi connectivity index (χ0v) is 34.3. The van der Waals surface area contributed by atoms with E-state index in [1.807, 2.05) is 0 Å². The highest BCUT2D eigenvalue weighted by Gasteiger charge is 2.36. The third-order valence-corrected chi connectivity index (χ3v) is 19.0. The fourth-order valence-electron chi connectivity index (χ4n) is 6.57. The van der Waals surface area contributed by atoms with Gasteiger partial charge in [-0.2, -0.15) is 0 Å². The lowest BCUT2D eigenvalue weighted by Gasteiger charge is -2.28. The molecule has 0 aliphatic carbocycles. The van der Waals surface area contributed by atoms with Crippen LogP contribution in [0.3, 0.4) is 0 Å². The van der Waals surface area contributed by atoms with Gasteiger partial charge < -0.3 is 34.0 Å². The minimum Gasteiger partial charge on any atom is -1.00 e. The molecule has 0 aliphatic heterocycles. The summed E-state index contributed by atoms with van der Waals surface area (Å²) in [5, 5.41) is 0. The van der Waals surface area contributed by atoms with Crippen molar-refractivity contribution in [2.24, 2.45) is 0 Å². The third kappa shape index (κ3) is 15.2. The van der Waals surface area contributed by atoms with Gasteiger partial charge in [0.05, 0.1) is 49.3 Å². The summed E-state index contributed by atoms with van der Waals surface area (Å²) in [6.45, 7) is 14.0. The Bertz CT molecular complexity index is 867. The average molecular weight is 773 g/mol. The van der Waals surface area contributed by atoms with Crippen molar-refractivity contribution in [2.45, 2.75) is 131 Å². The van der Waals surface area contributed by atoms with Gasteiger partial charge in [-0.3, -0.25) is 4.79 Å². The first-order valence-electron chi connectivity index (χ1n) is 17.8. The minimum absolute atomic E-state index is 0. The van der Waals surface area contributed by atoms with Gasteiger partial charge >= 0.3 is 0 Å². The molecule has 0 amide bonds. The maximum Gasteiger partial charge on any atom is 0.193 e. The Balaban J connectivity index is 0.00000924. The van der Waals surface area contributed by atoms with Crippen LogP contribution in [0.25, 0.3) is 0 Å². The number of hydrogen-bond donors (Lipinski definition) is 0. The lowest BCUT2D eigenvalue weighted by Crippen LogP contribution is -3.00. The number of unbranched alkanes of at least 4 members (excludes halogenated alkanes) is 6. The van der Waals surface area contributed by atoms with Crippen molar-refractivity contribution in [1.82, 2.24) is 0 Å². The molecule has 0 N–H and O–H groups in total. The first-order chi connectivity index (χ1) is 20.4. The molecule has 0 bridgehead atoms. The van der Waals surface area contributed by atoms with E-state index in [4.69, 9.17) is 0 Å². The van der Waals surface area contributed by atoms with Crippen molar-refractivity contribution >= 4 is 20.3 Å². The summed E-state index contributed by atoms with van der Waals surface area (Å²) in [5.41, 5.74) is 4.57. The van der Waals surface area contributed by atoms with Gasteiger partial charge in [-0.25, -0.2) is 0 Å². The normalized spacial score (nSPS) is 11.6. The van der Waals surface area contributed by atoms with Crippen LogP contribution in [0.4, 0.5) is 0 Å². The Morgan fingerprint density at radius 2 is 0.659 bits per heavy atom. The fraction of sp³-hybridized carbons (Fsp3) is 0.667. The van der Waals surface area contributed by atoms with Gasteiger partial charge in [-0.15, -0.1) is 0 Å². The molecule has 2 aromatic carbocycles. The topological polar surface area (TPSA) is 17.1 Å². The fourth-order valence-corrected chi connectivity index (χ4v) is 16.8. The number of halogens is 2. The number of benzene rings is 2. The maximum atomic E-state index is 13.5. The molecule has 252 valence electrons. The highest BCUT2D eigenvalue weighted by Crippen LogP contribution is 2.64. The lowest BCUT2D eigenvalue weighted by molar-refractivity contribution is -0.00100. The number of hydrogen-bond acceptors (Lipinski definition) is 1. The van der Waals surface area contributed by atoms with Crippen LogP contribution in [0.15, 0.2) is 48.5 Å². The van der Waals surface area contributed by atoms with E-state index < -0.39 is 14.5 Å². The van der Waals surface area contributed by atoms with Gasteiger partial charge in [0.1, 0.15) is 0 Å². The quantitative estimate of drug-likeness (QED) is 0.0853. The second-order valence-electron chi connectivity index (χ2n) is 13.2. The molecule has 0 heterocycles. The summed E-state index contributed by atoms with van der Waals surface area (Å²) in [6, 6.07) is 17.5. The molecule has 0 spiro atoms. The van der Waals surface area contributed by atoms with E-state index >= 15 is 0 Å². The van der Waals surface area contributed by atoms with E-state index in [0.717, 1.165) is 11.1 Å². The smallest absolute Gasteiger partial charge is 0.193 e. The molecule has 44 heavy (non-hydrogen) atoms. The van der Waals surface area contributed by atoms with Crippen LogP contribution >= 0.6 is 14.5 Å². The summed E-state index contributed by atoms with van der Waals surface area (Å²) in [7, 11) is -1.98. The molecular weight excluding hydrogens is 706 g/mol. The van der Waals surface area contributed by atoms with E-state index in [-0.39, 0.29) is 39.7 Å². The molecule has 0 saturated heterocycles. The van der Waals surface area contributed by atoms with Gasteiger partial charge in [0.25, 0.3) is 0 Å². The van der Waals surface area contributed by atoms with Gasteiger partial charge in [-0.05, 0) is 49.7 Å². The van der Waals surface area contributed by atoms with Crippen molar-refractivity contribution in [3.63, 3.8) is 0 Å². The van der Waals surface area contributed by atoms with E-state index in [0.29, 0.717) is 0 Å². The van der Waals surface area contributed by atoms with Gasteiger partial charge in [0, 0.05) is 25.7 Å². The number of carbonyl (C=O) groups excluding carboxylic acids is 1. The standard InChI is InChI=1S/C39H66OP2.2BrH/c1-7-13-27-41(28-14-8-2,29-15-9-3)33-35-19-23-37(24-20-35)39(40)38-25-21-36(22-26-38)34-42(30-16-10-4,31-17-11-5)32-18-12-6;;/h19-26H,7-18,27-34H2,1-6H3;2*1H/q+2;;/p-2. The van der Waals surface area contributed by atoms with E-state index in [1.54, 1.807) is 0 Å². The monoisotopic (exact) mass is 770 g/mol. The van der Waals surface area contributed by atoms with Crippen LogP contribution in [-0.4, -0.2) is 42.8 Å². The zero-order chi connectivity index (χ0) is 30.7. The number of rotatable bonds is 24. The van der Waals surface area contributed by atoms with Crippen molar-refractivity contribution in [3.8, 4) is 0 Å². The highest BCUT2D eigenvalue weighted by molar-refractivity contribution is 7.75. The Hall–Kier alpha value is -0.0700. The molecule has 0 unspecified atom stereocenters. The van der Waals surface area contributed by atoms with Crippen molar-refractivity contribution in [2.75, 3.05) is 37.0 Å². The first-order valence-corrected chi connectivity index (χ1v) is 22.9. The van der Waals surface area contributed by atoms with Crippen LogP contribution < -0.4 is 34.0 Å². The first kappa shape index (κ1) is 43.9. The molecule has 0 aromatic heterocycles. The van der Waals surface area contributed by atoms with E-state index in [1.165, 1.54) is 137 Å². The largest absolute Gasteiger partial charge is 1.00 e. The Labute approximate surface area is 296 Å². The summed E-state index contributed by atoms with van der Waals surface area (Å²) in [6.07, 6.45) is 27.1. The molecule has 2 rings (SSSR count). The molecule has 1 nitrogen and oxygen atoms in total. The molecular formula is C39H66Br2OP2. The van der Waals surface area contributed by atoms with Gasteiger partial charge in [0.2, 0.25) is 0 Å². The summed E-state index contributed by atoms with van der Waals surface area (Å²) >= 11 is 0. The van der Waals surface area contributed by atoms with Crippen LogP contribution in [-0.2, 0) is 12.3 Å². The Morgan fingerprint density at radius 3 is 0.864 bits per heavy atom. The van der Waals surface area contributed by atoms with Gasteiger partial charge in [0.15, 0.2) is 5.78 Å². The Kier molecular flexibility index (Phi) is 25.0. The van der Waals surface area contributed by atoms with Crippen molar-refractivity contribution in [3.05, 3.63) is 70.8 Å². The highest BCUT2D eigenvalue weighted by atomic mass is 79.9. The van der Waals surface area contributed by atoms with Crippen LogP contribution in [0.2, 0.25) is 0 Å². The van der Waals surface area contributed by atoms with Crippen molar-refractivity contribution in [1.29, 1.82) is 0 Å². The minimum atomic E-state index is -0.992. The van der Waals surface area contributed by atoms with Crippen LogP contribution in [0.1, 0.15) is 146 Å². The Morgan fingerprint density at radius 1 is 0.432 bits per heavy atom. The van der Waals surface area contributed by atoms with Gasteiger partial charge in [-0.1, -0.05) is 129 Å². The molecule has 0 aliphatic rings. The predicted octanol–water partition coefficient (Wildman–Crippen LogP) is 6.76. The van der Waals surface area contributed by atoms with Crippen LogP contribution in [0.5, 0.6) is 0 Å². The predicted molar refractivity (Wildman–Crippen MR) is 196 cm³/mol. The average Bonchev–Trinajstić information content (AvgIpc) is 3.02. The van der Waals surface area contributed by atoms with E-state index in [2.05, 4.69) is 90.1 Å². The molecule has 0 saturated carbocycles. The van der Waals surface area contributed by atoms with E-state index in [9.17, 15) is 4.79 Å².